The van der Waals surface area contributed by atoms with Crippen molar-refractivity contribution in [2.24, 2.45) is 0 Å². The molecule has 4 rings (SSSR count). The topological polar surface area (TPSA) is 83.6 Å². The van der Waals surface area contributed by atoms with E-state index in [0.29, 0.717) is 11.7 Å². The van der Waals surface area contributed by atoms with Gasteiger partial charge in [0.2, 0.25) is 0 Å². The number of nitrogens with one attached hydrogen (secondary N) is 2. The first kappa shape index (κ1) is 21.8. The largest absolute Gasteiger partial charge is 0.451 e. The number of hydrogen-bond acceptors (Lipinski definition) is 7. The summed E-state index contributed by atoms with van der Waals surface area (Å²) in [5.74, 6) is -1.00. The molecule has 0 radical (unpaired) electrons. The highest BCUT2D eigenvalue weighted by Crippen LogP contribution is 2.25. The minimum absolute atomic E-state index is 0.185. The number of anilines is 3. The first-order valence-electron chi connectivity index (χ1n) is 10.6. The van der Waals surface area contributed by atoms with Crippen LogP contribution in [-0.2, 0) is 16.1 Å². The molecule has 0 aliphatic carbocycles. The third-order valence-electron chi connectivity index (χ3n) is 5.29. The van der Waals surface area contributed by atoms with Crippen molar-refractivity contribution in [1.29, 1.82) is 0 Å². The number of amides is 1. The molecule has 8 heteroatoms. The maximum atomic E-state index is 12.3. The monoisotopic (exact) mass is 450 g/mol. The van der Waals surface area contributed by atoms with Gasteiger partial charge in [0.25, 0.3) is 5.91 Å². The lowest BCUT2D eigenvalue weighted by Crippen LogP contribution is -2.22. The van der Waals surface area contributed by atoms with Crippen molar-refractivity contribution < 1.29 is 14.3 Å². The predicted octanol–water partition coefficient (Wildman–Crippen LogP) is 4.46. The van der Waals surface area contributed by atoms with Gasteiger partial charge >= 0.3 is 5.97 Å². The number of hydrogen-bond donors (Lipinski definition) is 2. The average molecular weight is 451 g/mol. The highest BCUT2D eigenvalue weighted by atomic mass is 32.1. The van der Waals surface area contributed by atoms with Crippen LogP contribution in [0, 0.1) is 6.92 Å². The first-order chi connectivity index (χ1) is 15.6. The Morgan fingerprint density at radius 1 is 1.12 bits per heavy atom. The summed E-state index contributed by atoms with van der Waals surface area (Å²) < 4.78 is 5.14. The average Bonchev–Trinajstić information content (AvgIpc) is 3.51. The van der Waals surface area contributed by atoms with Gasteiger partial charge in [-0.2, -0.15) is 0 Å². The molecule has 0 spiro atoms. The molecule has 0 bridgehead atoms. The van der Waals surface area contributed by atoms with Crippen LogP contribution in [0.2, 0.25) is 0 Å². The lowest BCUT2D eigenvalue weighted by molar-refractivity contribution is -0.119. The van der Waals surface area contributed by atoms with Gasteiger partial charge in [-0.15, -0.1) is 11.3 Å². The normalized spacial score (nSPS) is 13.1. The van der Waals surface area contributed by atoms with Crippen molar-refractivity contribution in [1.82, 2.24) is 4.98 Å². The quantitative estimate of drug-likeness (QED) is 0.493. The zero-order valence-electron chi connectivity index (χ0n) is 18.0. The molecule has 1 aliphatic heterocycles. The Hall–Kier alpha value is -3.39. The number of aromatic nitrogens is 1. The maximum Gasteiger partial charge on any atom is 0.358 e. The molecule has 1 aromatic heterocycles. The molecular formula is C24H26N4O3S. The van der Waals surface area contributed by atoms with Gasteiger partial charge in [-0.1, -0.05) is 30.3 Å². The molecule has 32 heavy (non-hydrogen) atoms. The maximum absolute atomic E-state index is 12.3. The van der Waals surface area contributed by atoms with E-state index in [0.717, 1.165) is 29.9 Å². The molecule has 3 aromatic rings. The molecule has 166 valence electrons. The highest BCUT2D eigenvalue weighted by Gasteiger charge is 2.16. The van der Waals surface area contributed by atoms with Crippen LogP contribution in [0.4, 0.5) is 16.5 Å². The number of carbonyl (C=O) groups is 2. The minimum Gasteiger partial charge on any atom is -0.451 e. The van der Waals surface area contributed by atoms with Crippen molar-refractivity contribution >= 4 is 39.7 Å². The van der Waals surface area contributed by atoms with Crippen molar-refractivity contribution in [3.8, 4) is 0 Å². The number of rotatable bonds is 8. The second-order valence-corrected chi connectivity index (χ2v) is 8.55. The molecule has 1 saturated heterocycles. The first-order valence-corrected chi connectivity index (χ1v) is 11.5. The SMILES string of the molecule is Cc1cc(N2CCCC2)ccc1NC(=O)COC(=O)c1csc(NCc2ccccc2)n1. The fraction of sp³-hybridized carbons (Fsp3) is 0.292. The molecule has 2 aromatic carbocycles. The fourth-order valence-corrected chi connectivity index (χ4v) is 4.25. The Balaban J connectivity index is 1.25. The summed E-state index contributed by atoms with van der Waals surface area (Å²) >= 11 is 1.32. The van der Waals surface area contributed by atoms with E-state index in [2.05, 4.69) is 26.6 Å². The number of benzene rings is 2. The van der Waals surface area contributed by atoms with Crippen molar-refractivity contribution in [2.75, 3.05) is 35.2 Å². The Bertz CT molecular complexity index is 1080. The van der Waals surface area contributed by atoms with Crippen molar-refractivity contribution in [3.05, 3.63) is 70.7 Å². The van der Waals surface area contributed by atoms with Crippen LogP contribution in [-0.4, -0.2) is 36.6 Å². The summed E-state index contributed by atoms with van der Waals surface area (Å²) in [6, 6.07) is 15.9. The molecule has 1 aliphatic rings. The molecule has 0 saturated carbocycles. The Morgan fingerprint density at radius 2 is 1.91 bits per heavy atom. The van der Waals surface area contributed by atoms with Gasteiger partial charge in [0.1, 0.15) is 0 Å². The summed E-state index contributed by atoms with van der Waals surface area (Å²) in [6.07, 6.45) is 2.43. The van der Waals surface area contributed by atoms with Crippen LogP contribution in [0.25, 0.3) is 0 Å². The number of thiazole rings is 1. The predicted molar refractivity (Wildman–Crippen MR) is 127 cm³/mol. The summed E-state index contributed by atoms with van der Waals surface area (Å²) in [5, 5.41) is 8.24. The van der Waals surface area contributed by atoms with E-state index in [1.54, 1.807) is 5.38 Å². The summed E-state index contributed by atoms with van der Waals surface area (Å²) in [4.78, 5) is 31.1. The van der Waals surface area contributed by atoms with Gasteiger partial charge < -0.3 is 20.3 Å². The molecular weight excluding hydrogens is 424 g/mol. The van der Waals surface area contributed by atoms with Crippen LogP contribution < -0.4 is 15.5 Å². The zero-order valence-corrected chi connectivity index (χ0v) is 18.8. The lowest BCUT2D eigenvalue weighted by atomic mass is 10.1. The number of esters is 1. The number of ether oxygens (including phenoxy) is 1. The number of aryl methyl sites for hydroxylation is 1. The zero-order chi connectivity index (χ0) is 22.3. The van der Waals surface area contributed by atoms with Gasteiger partial charge in [0.15, 0.2) is 17.4 Å². The second-order valence-electron chi connectivity index (χ2n) is 7.69. The summed E-state index contributed by atoms with van der Waals surface area (Å²) in [6.45, 7) is 4.35. The lowest BCUT2D eigenvalue weighted by Gasteiger charge is -2.19. The van der Waals surface area contributed by atoms with E-state index in [1.807, 2.05) is 49.4 Å². The Morgan fingerprint density at radius 3 is 2.66 bits per heavy atom. The van der Waals surface area contributed by atoms with Crippen molar-refractivity contribution in [2.45, 2.75) is 26.3 Å². The summed E-state index contributed by atoms with van der Waals surface area (Å²) in [5.41, 5.74) is 4.17. The third kappa shape index (κ3) is 5.64. The van der Waals surface area contributed by atoms with E-state index >= 15 is 0 Å². The smallest absolute Gasteiger partial charge is 0.358 e. The Kier molecular flexibility index (Phi) is 7.01. The Labute approximate surface area is 191 Å². The van der Waals surface area contributed by atoms with E-state index in [1.165, 1.54) is 29.9 Å². The molecule has 7 nitrogen and oxygen atoms in total. The van der Waals surface area contributed by atoms with Crippen molar-refractivity contribution in [3.63, 3.8) is 0 Å². The van der Waals surface area contributed by atoms with Crippen LogP contribution in [0.5, 0.6) is 0 Å². The molecule has 1 amide bonds. The van der Waals surface area contributed by atoms with Gasteiger partial charge in [-0.05, 0) is 49.1 Å². The molecule has 2 N–H and O–H groups in total. The molecule has 0 unspecified atom stereocenters. The van der Waals surface area contributed by atoms with E-state index in [4.69, 9.17) is 4.74 Å². The third-order valence-corrected chi connectivity index (χ3v) is 6.09. The van der Waals surface area contributed by atoms with Crippen LogP contribution in [0.15, 0.2) is 53.9 Å². The highest BCUT2D eigenvalue weighted by molar-refractivity contribution is 7.13. The molecule has 2 heterocycles. The van der Waals surface area contributed by atoms with Gasteiger partial charge in [0, 0.05) is 36.4 Å². The molecule has 0 atom stereocenters. The number of nitrogens with zero attached hydrogens (tertiary/aromatic N) is 2. The fourth-order valence-electron chi connectivity index (χ4n) is 3.57. The van der Waals surface area contributed by atoms with E-state index < -0.39 is 5.97 Å². The van der Waals surface area contributed by atoms with E-state index in [-0.39, 0.29) is 18.2 Å². The van der Waals surface area contributed by atoms with Gasteiger partial charge in [-0.25, -0.2) is 9.78 Å². The van der Waals surface area contributed by atoms with Gasteiger partial charge in [0.05, 0.1) is 0 Å². The summed E-state index contributed by atoms with van der Waals surface area (Å²) in [7, 11) is 0. The standard InChI is InChI=1S/C24H26N4O3S/c1-17-13-19(28-11-5-6-12-28)9-10-20(17)26-22(29)15-31-23(30)21-16-32-24(27-21)25-14-18-7-3-2-4-8-18/h2-4,7-10,13,16H,5-6,11-12,14-15H2,1H3,(H,25,27)(H,26,29). The second kappa shape index (κ2) is 10.3. The van der Waals surface area contributed by atoms with Gasteiger partial charge in [-0.3, -0.25) is 4.79 Å². The van der Waals surface area contributed by atoms with Crippen LogP contribution >= 0.6 is 11.3 Å². The number of carbonyl (C=O) groups excluding carboxylic acids is 2. The van der Waals surface area contributed by atoms with Crippen LogP contribution in [0.1, 0.15) is 34.5 Å². The van der Waals surface area contributed by atoms with Crippen LogP contribution in [0.3, 0.4) is 0 Å². The van der Waals surface area contributed by atoms with E-state index in [9.17, 15) is 9.59 Å². The minimum atomic E-state index is -0.620. The molecule has 1 fully saturated rings.